The maximum atomic E-state index is 12.9. The van der Waals surface area contributed by atoms with Crippen LogP contribution in [0.2, 0.25) is 0 Å². The Bertz CT molecular complexity index is 1450. The lowest BCUT2D eigenvalue weighted by Gasteiger charge is -2.23. The fourth-order valence-electron chi connectivity index (χ4n) is 3.92. The van der Waals surface area contributed by atoms with Crippen molar-refractivity contribution in [3.63, 3.8) is 0 Å². The van der Waals surface area contributed by atoms with Gasteiger partial charge >= 0.3 is 6.03 Å². The van der Waals surface area contributed by atoms with Gasteiger partial charge in [-0.05, 0) is 66.5 Å². The number of nitrogens with zero attached hydrogens (tertiary/aromatic N) is 3. The number of nitriles is 2. The Morgan fingerprint density at radius 1 is 0.850 bits per heavy atom. The molecule has 40 heavy (non-hydrogen) atoms. The molecule has 0 atom stereocenters. The summed E-state index contributed by atoms with van der Waals surface area (Å²) in [4.78, 5) is 27.6. The molecule has 0 unspecified atom stereocenters. The van der Waals surface area contributed by atoms with E-state index in [1.807, 2.05) is 85.5 Å². The summed E-state index contributed by atoms with van der Waals surface area (Å²) < 4.78 is 0. The summed E-state index contributed by atoms with van der Waals surface area (Å²) in [6.07, 6.45) is 5.48. The lowest BCUT2D eigenvalue weighted by atomic mass is 10.1. The summed E-state index contributed by atoms with van der Waals surface area (Å²) in [5, 5.41) is 26.4. The zero-order chi connectivity index (χ0) is 28.7. The molecule has 202 valence electrons. The zero-order valence-electron chi connectivity index (χ0n) is 22.6. The van der Waals surface area contributed by atoms with Crippen LogP contribution in [-0.4, -0.2) is 25.0 Å². The lowest BCUT2D eigenvalue weighted by Crippen LogP contribution is -2.36. The highest BCUT2D eigenvalue weighted by Gasteiger charge is 2.12. The highest BCUT2D eigenvalue weighted by atomic mass is 16.2. The molecule has 3 aromatic carbocycles. The number of aryl methyl sites for hydroxylation is 2. The van der Waals surface area contributed by atoms with E-state index in [1.165, 1.54) is 6.08 Å². The minimum atomic E-state index is -0.499. The fourth-order valence-corrected chi connectivity index (χ4v) is 3.92. The number of rotatable bonds is 11. The molecule has 0 radical (unpaired) electrons. The highest BCUT2D eigenvalue weighted by Crippen LogP contribution is 2.22. The molecule has 0 aliphatic carbocycles. The van der Waals surface area contributed by atoms with Crippen molar-refractivity contribution >= 4 is 35.5 Å². The molecule has 0 aliphatic rings. The van der Waals surface area contributed by atoms with E-state index in [4.69, 9.17) is 10.5 Å². The van der Waals surface area contributed by atoms with Crippen LogP contribution < -0.4 is 20.9 Å². The van der Waals surface area contributed by atoms with Crippen LogP contribution in [0, 0.1) is 36.5 Å². The molecule has 3 rings (SSSR count). The van der Waals surface area contributed by atoms with Crippen molar-refractivity contribution < 1.29 is 9.59 Å². The normalized spacial score (nSPS) is 10.8. The summed E-state index contributed by atoms with van der Waals surface area (Å²) in [6, 6.07) is 26.4. The number of amides is 3. The number of nitrogens with one attached hydrogen (secondary N) is 3. The van der Waals surface area contributed by atoms with Gasteiger partial charge in [-0.1, -0.05) is 54.6 Å². The molecule has 0 aromatic heterocycles. The van der Waals surface area contributed by atoms with E-state index in [1.54, 1.807) is 18.2 Å². The van der Waals surface area contributed by atoms with Crippen LogP contribution >= 0.6 is 0 Å². The minimum Gasteiger partial charge on any atom is -0.369 e. The molecule has 3 aromatic rings. The summed E-state index contributed by atoms with van der Waals surface area (Å²) in [5.74, 6) is -0.199. The number of hydrogen-bond donors (Lipinski definition) is 3. The predicted octanol–water partition coefficient (Wildman–Crippen LogP) is 5.89. The summed E-state index contributed by atoms with van der Waals surface area (Å²) in [6.45, 7) is 4.85. The number of hydrogen-bond acceptors (Lipinski definition) is 5. The molecule has 0 saturated carbocycles. The van der Waals surface area contributed by atoms with Gasteiger partial charge in [0.25, 0.3) is 0 Å². The molecular formula is C32H32N6O2. The van der Waals surface area contributed by atoms with E-state index in [0.29, 0.717) is 31.6 Å². The molecule has 0 fully saturated rings. The van der Waals surface area contributed by atoms with E-state index >= 15 is 0 Å². The number of benzene rings is 3. The van der Waals surface area contributed by atoms with Crippen molar-refractivity contribution in [1.82, 2.24) is 10.6 Å². The molecule has 3 N–H and O–H groups in total. The van der Waals surface area contributed by atoms with Gasteiger partial charge in [0.1, 0.15) is 5.82 Å². The van der Waals surface area contributed by atoms with Crippen LogP contribution in [0.4, 0.5) is 16.2 Å². The van der Waals surface area contributed by atoms with Gasteiger partial charge in [0.15, 0.2) is 0 Å². The van der Waals surface area contributed by atoms with Gasteiger partial charge in [0, 0.05) is 30.5 Å². The van der Waals surface area contributed by atoms with Crippen LogP contribution in [0.3, 0.4) is 0 Å². The monoisotopic (exact) mass is 532 g/mol. The van der Waals surface area contributed by atoms with Crippen molar-refractivity contribution in [2.75, 3.05) is 23.3 Å². The number of urea groups is 1. The Labute approximate surface area is 235 Å². The number of carbonyl (C=O) groups is 2. The van der Waals surface area contributed by atoms with E-state index in [-0.39, 0.29) is 5.82 Å². The predicted molar refractivity (Wildman–Crippen MR) is 159 cm³/mol. The van der Waals surface area contributed by atoms with E-state index in [9.17, 15) is 9.59 Å². The van der Waals surface area contributed by atoms with Crippen molar-refractivity contribution in [1.29, 1.82) is 10.5 Å². The van der Waals surface area contributed by atoms with E-state index < -0.39 is 11.9 Å². The minimum absolute atomic E-state index is 0.204. The lowest BCUT2D eigenvalue weighted by molar-refractivity contribution is -0.115. The molecule has 8 heteroatoms. The second-order valence-corrected chi connectivity index (χ2v) is 9.03. The number of carbonyl (C=O) groups excluding carboxylic acids is 2. The van der Waals surface area contributed by atoms with E-state index in [2.05, 4.69) is 28.1 Å². The Balaban J connectivity index is 1.85. The Morgan fingerprint density at radius 2 is 1.52 bits per heavy atom. The molecule has 3 amide bonds. The molecule has 0 heterocycles. The Kier molecular flexibility index (Phi) is 11.1. The number of anilines is 2. The molecule has 0 spiro atoms. The smallest absolute Gasteiger partial charge is 0.324 e. The van der Waals surface area contributed by atoms with Gasteiger partial charge in [-0.3, -0.25) is 10.1 Å². The van der Waals surface area contributed by atoms with Gasteiger partial charge in [0.05, 0.1) is 25.0 Å². The molecule has 8 nitrogen and oxygen atoms in total. The average molecular weight is 533 g/mol. The van der Waals surface area contributed by atoms with Crippen LogP contribution in [-0.2, 0) is 4.79 Å². The van der Waals surface area contributed by atoms with E-state index in [0.717, 1.165) is 27.9 Å². The molecular weight excluding hydrogens is 500 g/mol. The van der Waals surface area contributed by atoms with Gasteiger partial charge in [-0.15, -0.1) is 0 Å². The van der Waals surface area contributed by atoms with Crippen LogP contribution in [0.15, 0.2) is 84.7 Å². The summed E-state index contributed by atoms with van der Waals surface area (Å²) in [5.41, 5.74) is 5.00. The molecule has 0 aliphatic heterocycles. The first kappa shape index (κ1) is 29.2. The van der Waals surface area contributed by atoms with Crippen LogP contribution in [0.5, 0.6) is 0 Å². The van der Waals surface area contributed by atoms with Crippen LogP contribution in [0.25, 0.3) is 12.2 Å². The van der Waals surface area contributed by atoms with Crippen molar-refractivity contribution in [2.45, 2.75) is 26.7 Å². The maximum absolute atomic E-state index is 12.9. The third-order valence-electron chi connectivity index (χ3n) is 6.03. The molecule has 0 saturated heterocycles. The van der Waals surface area contributed by atoms with Gasteiger partial charge in [-0.2, -0.15) is 10.5 Å². The zero-order valence-corrected chi connectivity index (χ0v) is 22.6. The van der Waals surface area contributed by atoms with Crippen molar-refractivity contribution in [2.24, 2.45) is 0 Å². The largest absolute Gasteiger partial charge is 0.369 e. The standard InChI is InChI=1S/C32H32N6O2/c1-24-10-6-7-13-29(24)35-32(40)37-30(36-31(39)17-14-26-11-4-3-5-12-26)23-27-15-16-28(22-25(27)2)38(20-8-18-33)21-9-19-34/h3-7,10-17,22-23H,8-9,20-21H2,1-2H3,(H,36,39)(H2,35,37,40)/b17-14-,30-23-. The third-order valence-corrected chi connectivity index (χ3v) is 6.03. The summed E-state index contributed by atoms with van der Waals surface area (Å²) >= 11 is 0. The van der Waals surface area contributed by atoms with Gasteiger partial charge in [-0.25, -0.2) is 4.79 Å². The Morgan fingerprint density at radius 3 is 2.17 bits per heavy atom. The number of para-hydroxylation sites is 1. The highest BCUT2D eigenvalue weighted by molar-refractivity contribution is 5.96. The summed E-state index contributed by atoms with van der Waals surface area (Å²) in [7, 11) is 0. The van der Waals surface area contributed by atoms with Crippen LogP contribution in [0.1, 0.15) is 35.1 Å². The first-order chi connectivity index (χ1) is 19.4. The topological polar surface area (TPSA) is 121 Å². The van der Waals surface area contributed by atoms with Crippen molar-refractivity contribution in [3.05, 3.63) is 107 Å². The Hall–Kier alpha value is -5.34. The SMILES string of the molecule is Cc1cc(N(CCC#N)CCC#N)ccc1/C=C(/NC(=O)/C=C\c1ccccc1)NC(=O)Nc1ccccc1C. The van der Waals surface area contributed by atoms with Gasteiger partial charge in [0.2, 0.25) is 5.91 Å². The first-order valence-corrected chi connectivity index (χ1v) is 12.9. The van der Waals surface area contributed by atoms with Gasteiger partial charge < -0.3 is 15.5 Å². The second kappa shape index (κ2) is 15.2. The average Bonchev–Trinajstić information content (AvgIpc) is 2.95. The molecule has 0 bridgehead atoms. The quantitative estimate of drug-likeness (QED) is 0.266. The maximum Gasteiger partial charge on any atom is 0.324 e. The fraction of sp³-hybridized carbons (Fsp3) is 0.188. The first-order valence-electron chi connectivity index (χ1n) is 12.9. The van der Waals surface area contributed by atoms with Crippen molar-refractivity contribution in [3.8, 4) is 12.1 Å². The third kappa shape index (κ3) is 9.20. The second-order valence-electron chi connectivity index (χ2n) is 9.03.